The highest BCUT2D eigenvalue weighted by Crippen LogP contribution is 2.56. The van der Waals surface area contributed by atoms with Gasteiger partial charge in [-0.15, -0.1) is 0 Å². The molecule has 33 heavy (non-hydrogen) atoms. The second kappa shape index (κ2) is 12.3. The summed E-state index contributed by atoms with van der Waals surface area (Å²) in [5.74, 6) is 11.9. The summed E-state index contributed by atoms with van der Waals surface area (Å²) in [7, 11) is 0. The predicted octanol–water partition coefficient (Wildman–Crippen LogP) is 10.6. The van der Waals surface area contributed by atoms with E-state index in [2.05, 4.69) is 34.6 Å². The van der Waals surface area contributed by atoms with Gasteiger partial charge in [0.15, 0.2) is 0 Å². The highest BCUT2D eigenvalue weighted by Gasteiger charge is 2.47. The summed E-state index contributed by atoms with van der Waals surface area (Å²) in [5, 5.41) is 0. The van der Waals surface area contributed by atoms with E-state index in [1.165, 1.54) is 44.9 Å². The Balaban J connectivity index is 0.000000196. The molecule has 0 aromatic heterocycles. The van der Waals surface area contributed by atoms with Crippen molar-refractivity contribution >= 4 is 0 Å². The summed E-state index contributed by atoms with van der Waals surface area (Å²) < 4.78 is 0. The van der Waals surface area contributed by atoms with Gasteiger partial charge in [0, 0.05) is 0 Å². The van der Waals surface area contributed by atoms with Gasteiger partial charge in [0.25, 0.3) is 0 Å². The van der Waals surface area contributed by atoms with Crippen LogP contribution in [0.3, 0.4) is 0 Å². The van der Waals surface area contributed by atoms with Gasteiger partial charge >= 0.3 is 0 Å². The van der Waals surface area contributed by atoms with Gasteiger partial charge in [-0.25, -0.2) is 0 Å². The second-order valence-electron chi connectivity index (χ2n) is 13.9. The topological polar surface area (TPSA) is 0 Å². The molecule has 192 valence electrons. The molecule has 0 heteroatoms. The van der Waals surface area contributed by atoms with Gasteiger partial charge in [0.2, 0.25) is 0 Å². The normalized spacial score (nSPS) is 47.4. The Bertz CT molecular complexity index is 556. The van der Waals surface area contributed by atoms with Gasteiger partial charge < -0.3 is 0 Å². The molecule has 0 spiro atoms. The van der Waals surface area contributed by atoms with E-state index in [1.807, 2.05) is 0 Å². The molecule has 5 rings (SSSR count). The van der Waals surface area contributed by atoms with E-state index in [9.17, 15) is 0 Å². The van der Waals surface area contributed by atoms with Crippen LogP contribution in [0.5, 0.6) is 0 Å². The number of hydrogen-bond acceptors (Lipinski definition) is 0. The molecule has 0 nitrogen and oxygen atoms in total. The lowest BCUT2D eigenvalue weighted by Gasteiger charge is -2.49. The predicted molar refractivity (Wildman–Crippen MR) is 145 cm³/mol. The van der Waals surface area contributed by atoms with Crippen molar-refractivity contribution in [2.75, 3.05) is 0 Å². The molecule has 0 bridgehead atoms. The van der Waals surface area contributed by atoms with E-state index in [-0.39, 0.29) is 0 Å². The maximum atomic E-state index is 2.61. The van der Waals surface area contributed by atoms with Crippen molar-refractivity contribution in [3.63, 3.8) is 0 Å². The van der Waals surface area contributed by atoms with Crippen molar-refractivity contribution in [2.45, 2.75) is 144 Å². The van der Waals surface area contributed by atoms with Crippen molar-refractivity contribution in [1.82, 2.24) is 0 Å². The van der Waals surface area contributed by atoms with Crippen LogP contribution in [0.4, 0.5) is 0 Å². The molecule has 0 aromatic rings. The SMILES string of the molecule is CC1CC2CCCCC2C1C.CCCCC1C(C)CC2CCCC2C1C1CCC(CC)CC1. The number of fused-ring (bicyclic) bond motifs is 2. The molecule has 5 saturated carbocycles. The van der Waals surface area contributed by atoms with Crippen LogP contribution < -0.4 is 0 Å². The molecule has 0 amide bonds. The smallest absolute Gasteiger partial charge is 0.0324 e. The summed E-state index contributed by atoms with van der Waals surface area (Å²) in [4.78, 5) is 0. The molecule has 0 heterocycles. The molecular formula is C33H60. The Morgan fingerprint density at radius 1 is 0.606 bits per heavy atom. The highest BCUT2D eigenvalue weighted by atomic mass is 14.5. The van der Waals surface area contributed by atoms with Crippen LogP contribution in [0.15, 0.2) is 0 Å². The van der Waals surface area contributed by atoms with Crippen molar-refractivity contribution in [1.29, 1.82) is 0 Å². The number of unbranched alkanes of at least 4 members (excludes halogenated alkanes) is 1. The molecule has 5 aliphatic carbocycles. The van der Waals surface area contributed by atoms with Crippen molar-refractivity contribution in [3.8, 4) is 0 Å². The van der Waals surface area contributed by atoms with Crippen molar-refractivity contribution in [3.05, 3.63) is 0 Å². The van der Waals surface area contributed by atoms with E-state index in [0.717, 1.165) is 65.1 Å². The summed E-state index contributed by atoms with van der Waals surface area (Å²) in [6.07, 6.45) is 26.0. The van der Waals surface area contributed by atoms with Crippen LogP contribution in [0.2, 0.25) is 0 Å². The average molecular weight is 457 g/mol. The molecule has 5 fully saturated rings. The van der Waals surface area contributed by atoms with Gasteiger partial charge in [-0.05, 0) is 110 Å². The first-order valence-electron chi connectivity index (χ1n) is 16.0. The van der Waals surface area contributed by atoms with E-state index in [4.69, 9.17) is 0 Å². The van der Waals surface area contributed by atoms with E-state index >= 15 is 0 Å². The minimum absolute atomic E-state index is 1.01. The fourth-order valence-electron chi connectivity index (χ4n) is 10.1. The maximum absolute atomic E-state index is 2.61. The van der Waals surface area contributed by atoms with E-state index < -0.39 is 0 Å². The number of hydrogen-bond donors (Lipinski definition) is 0. The van der Waals surface area contributed by atoms with Crippen LogP contribution >= 0.6 is 0 Å². The lowest BCUT2D eigenvalue weighted by atomic mass is 9.56. The third kappa shape index (κ3) is 6.05. The van der Waals surface area contributed by atoms with Gasteiger partial charge in [0.1, 0.15) is 0 Å². The minimum atomic E-state index is 1.01. The molecule has 0 saturated heterocycles. The Labute approximate surface area is 208 Å². The monoisotopic (exact) mass is 456 g/mol. The second-order valence-corrected chi connectivity index (χ2v) is 13.9. The molecule has 9 atom stereocenters. The molecular weight excluding hydrogens is 396 g/mol. The summed E-state index contributed by atoms with van der Waals surface area (Å²) in [6, 6.07) is 0. The van der Waals surface area contributed by atoms with Crippen molar-refractivity contribution in [2.24, 2.45) is 65.1 Å². The van der Waals surface area contributed by atoms with Gasteiger partial charge in [-0.3, -0.25) is 0 Å². The molecule has 0 aliphatic heterocycles. The van der Waals surface area contributed by atoms with Crippen LogP contribution in [-0.2, 0) is 0 Å². The summed E-state index contributed by atoms with van der Waals surface area (Å²) in [5.41, 5.74) is 0. The first-order valence-corrected chi connectivity index (χ1v) is 16.0. The number of rotatable bonds is 5. The van der Waals surface area contributed by atoms with E-state index in [0.29, 0.717) is 0 Å². The maximum Gasteiger partial charge on any atom is -0.0324 e. The lowest BCUT2D eigenvalue weighted by molar-refractivity contribution is -0.00258. The highest BCUT2D eigenvalue weighted by molar-refractivity contribution is 4.97. The first kappa shape index (κ1) is 26.1. The van der Waals surface area contributed by atoms with E-state index in [1.54, 1.807) is 64.2 Å². The van der Waals surface area contributed by atoms with Crippen LogP contribution in [0.1, 0.15) is 144 Å². The third-order valence-corrected chi connectivity index (χ3v) is 12.2. The lowest BCUT2D eigenvalue weighted by Crippen LogP contribution is -2.42. The van der Waals surface area contributed by atoms with Gasteiger partial charge in [0.05, 0.1) is 0 Å². The molecule has 5 aliphatic rings. The summed E-state index contributed by atoms with van der Waals surface area (Å²) in [6.45, 7) is 12.3. The molecule has 0 radical (unpaired) electrons. The van der Waals surface area contributed by atoms with Crippen LogP contribution in [0.25, 0.3) is 0 Å². The quantitative estimate of drug-likeness (QED) is 0.386. The largest absolute Gasteiger partial charge is 0.0654 e. The van der Waals surface area contributed by atoms with Crippen LogP contribution in [0, 0.1) is 65.1 Å². The Kier molecular flexibility index (Phi) is 9.72. The summed E-state index contributed by atoms with van der Waals surface area (Å²) >= 11 is 0. The minimum Gasteiger partial charge on any atom is -0.0654 e. The Morgan fingerprint density at radius 2 is 1.24 bits per heavy atom. The average Bonchev–Trinajstić information content (AvgIpc) is 3.41. The zero-order valence-electron chi connectivity index (χ0n) is 23.4. The zero-order chi connectivity index (χ0) is 23.4. The third-order valence-electron chi connectivity index (χ3n) is 12.2. The first-order chi connectivity index (χ1) is 16.0. The zero-order valence-corrected chi connectivity index (χ0v) is 23.4. The molecule has 9 unspecified atom stereocenters. The van der Waals surface area contributed by atoms with Gasteiger partial charge in [-0.2, -0.15) is 0 Å². The Morgan fingerprint density at radius 3 is 1.94 bits per heavy atom. The molecule has 0 N–H and O–H groups in total. The Hall–Kier alpha value is 0. The molecule has 0 aromatic carbocycles. The van der Waals surface area contributed by atoms with Crippen LogP contribution in [-0.4, -0.2) is 0 Å². The van der Waals surface area contributed by atoms with Gasteiger partial charge in [-0.1, -0.05) is 98.8 Å². The standard InChI is InChI=1S/C22H40.C11H20/c1-4-6-9-20-16(3)15-19-8-7-10-21(19)22(20)18-13-11-17(5-2)12-14-18;1-8-7-10-5-3-4-6-11(10)9(8)2/h16-22H,4-15H2,1-3H3;8-11H,3-7H2,1-2H3. The fourth-order valence-corrected chi connectivity index (χ4v) is 10.1. The fraction of sp³-hybridized carbons (Fsp3) is 1.00. The van der Waals surface area contributed by atoms with Crippen molar-refractivity contribution < 1.29 is 0 Å².